The Hall–Kier alpha value is -0.120. The van der Waals surface area contributed by atoms with Crippen LogP contribution in [0.25, 0.3) is 0 Å². The lowest BCUT2D eigenvalue weighted by atomic mass is 9.44. The predicted octanol–water partition coefficient (Wildman–Crippen LogP) is 4.52. The first-order chi connectivity index (χ1) is 11.3. The van der Waals surface area contributed by atoms with Crippen molar-refractivity contribution < 1.29 is 14.6 Å². The van der Waals surface area contributed by atoms with Gasteiger partial charge >= 0.3 is 0 Å². The van der Waals surface area contributed by atoms with E-state index in [9.17, 15) is 5.11 Å². The van der Waals surface area contributed by atoms with Gasteiger partial charge in [-0.3, -0.25) is 0 Å². The van der Waals surface area contributed by atoms with Crippen molar-refractivity contribution >= 4 is 0 Å². The Morgan fingerprint density at radius 3 is 2.29 bits per heavy atom. The molecule has 4 aliphatic carbocycles. The zero-order chi connectivity index (χ0) is 17.2. The summed E-state index contributed by atoms with van der Waals surface area (Å²) in [6.07, 6.45) is 11.6. The molecule has 1 N–H and O–H groups in total. The Morgan fingerprint density at radius 1 is 0.833 bits per heavy atom. The molecule has 0 radical (unpaired) electrons. The molecule has 4 saturated carbocycles. The molecule has 0 amide bonds. The molecule has 0 spiro atoms. The minimum Gasteiger partial charge on any atom is -0.389 e. The number of fused-ring (bicyclic) bond motifs is 5. The van der Waals surface area contributed by atoms with Gasteiger partial charge in [0.2, 0.25) is 0 Å². The fraction of sp³-hybridized carbons (Fsp3) is 1.00. The Bertz CT molecular complexity index is 501. The summed E-state index contributed by atoms with van der Waals surface area (Å²) in [5.41, 5.74) is 0.124. The van der Waals surface area contributed by atoms with Gasteiger partial charge in [-0.2, -0.15) is 0 Å². The molecule has 0 aromatic rings. The zero-order valence-electron chi connectivity index (χ0n) is 16.1. The highest BCUT2D eigenvalue weighted by Crippen LogP contribution is 2.68. The summed E-state index contributed by atoms with van der Waals surface area (Å²) >= 11 is 0. The third-order valence-corrected chi connectivity index (χ3v) is 9.39. The molecule has 4 fully saturated rings. The number of aliphatic hydroxyl groups is 1. The second-order valence-electron chi connectivity index (χ2n) is 9.89. The van der Waals surface area contributed by atoms with Crippen LogP contribution in [0.4, 0.5) is 0 Å². The van der Waals surface area contributed by atoms with E-state index in [-0.39, 0.29) is 11.2 Å². The van der Waals surface area contributed by atoms with Crippen LogP contribution >= 0.6 is 0 Å². The molecule has 0 aliphatic heterocycles. The van der Waals surface area contributed by atoms with Gasteiger partial charge in [0.15, 0.2) is 5.79 Å². The average molecular weight is 337 g/mol. The van der Waals surface area contributed by atoms with Crippen molar-refractivity contribution in [2.24, 2.45) is 28.6 Å². The van der Waals surface area contributed by atoms with Gasteiger partial charge < -0.3 is 14.6 Å². The first kappa shape index (κ1) is 17.3. The molecule has 4 rings (SSSR count). The van der Waals surface area contributed by atoms with E-state index < -0.39 is 5.60 Å². The van der Waals surface area contributed by atoms with E-state index in [4.69, 9.17) is 9.47 Å². The highest BCUT2D eigenvalue weighted by molar-refractivity contribution is 5.15. The van der Waals surface area contributed by atoms with E-state index in [1.807, 2.05) is 0 Å². The summed E-state index contributed by atoms with van der Waals surface area (Å²) in [6, 6.07) is 0. The van der Waals surface area contributed by atoms with Crippen molar-refractivity contribution in [1.29, 1.82) is 0 Å². The fourth-order valence-corrected chi connectivity index (χ4v) is 7.61. The van der Waals surface area contributed by atoms with Gasteiger partial charge in [-0.05, 0) is 80.0 Å². The number of ether oxygens (including phenoxy) is 2. The van der Waals surface area contributed by atoms with Gasteiger partial charge in [-0.25, -0.2) is 0 Å². The molecule has 3 nitrogen and oxygen atoms in total. The van der Waals surface area contributed by atoms with Crippen molar-refractivity contribution in [2.75, 3.05) is 14.2 Å². The molecule has 24 heavy (non-hydrogen) atoms. The van der Waals surface area contributed by atoms with E-state index in [2.05, 4.69) is 13.8 Å². The molecule has 3 heteroatoms. The summed E-state index contributed by atoms with van der Waals surface area (Å²) in [6.45, 7) is 4.89. The van der Waals surface area contributed by atoms with E-state index in [1.165, 1.54) is 44.9 Å². The van der Waals surface area contributed by atoms with Crippen LogP contribution in [0.3, 0.4) is 0 Å². The molecule has 138 valence electrons. The van der Waals surface area contributed by atoms with Crippen LogP contribution in [0, 0.1) is 28.6 Å². The zero-order valence-corrected chi connectivity index (χ0v) is 16.1. The normalized spacial score (nSPS) is 53.1. The van der Waals surface area contributed by atoms with Crippen LogP contribution in [0.2, 0.25) is 0 Å². The summed E-state index contributed by atoms with van der Waals surface area (Å²) in [7, 11) is 3.59. The monoisotopic (exact) mass is 336 g/mol. The van der Waals surface area contributed by atoms with Crippen LogP contribution in [0.5, 0.6) is 0 Å². The maximum atomic E-state index is 11.7. The molecule has 0 heterocycles. The first-order valence-electron chi connectivity index (χ1n) is 10.2. The number of methoxy groups -OCH3 is 2. The standard InChI is InChI=1S/C21H36O3/c1-18-9-5-10-21(18,22)17-7-6-15-14-20(23-3,24-4)13-12-19(15,2)16(17)8-11-18/h15-17,22H,5-14H2,1-4H3/t15-,16?,17?,18?,19?,21+/m0/s1. The Kier molecular flexibility index (Phi) is 3.92. The summed E-state index contributed by atoms with van der Waals surface area (Å²) < 4.78 is 11.6. The van der Waals surface area contributed by atoms with Crippen molar-refractivity contribution in [1.82, 2.24) is 0 Å². The molecular formula is C21H36O3. The minimum atomic E-state index is -0.402. The smallest absolute Gasteiger partial charge is 0.167 e. The predicted molar refractivity (Wildman–Crippen MR) is 94.6 cm³/mol. The average Bonchev–Trinajstić information content (AvgIpc) is 2.90. The Morgan fingerprint density at radius 2 is 1.58 bits per heavy atom. The first-order valence-corrected chi connectivity index (χ1v) is 10.2. The molecule has 0 bridgehead atoms. The molecular weight excluding hydrogens is 300 g/mol. The Balaban J connectivity index is 1.63. The van der Waals surface area contributed by atoms with Gasteiger partial charge in [0.05, 0.1) is 5.60 Å². The molecule has 4 unspecified atom stereocenters. The molecule has 0 aromatic heterocycles. The lowest BCUT2D eigenvalue weighted by Gasteiger charge is -2.64. The van der Waals surface area contributed by atoms with Crippen molar-refractivity contribution in [3.05, 3.63) is 0 Å². The van der Waals surface area contributed by atoms with Crippen LogP contribution in [-0.4, -0.2) is 30.7 Å². The van der Waals surface area contributed by atoms with E-state index in [0.29, 0.717) is 23.2 Å². The lowest BCUT2D eigenvalue weighted by Crippen LogP contribution is -2.62. The summed E-state index contributed by atoms with van der Waals surface area (Å²) in [5.74, 6) is 1.49. The second kappa shape index (κ2) is 5.44. The van der Waals surface area contributed by atoms with Crippen LogP contribution in [-0.2, 0) is 9.47 Å². The van der Waals surface area contributed by atoms with Crippen LogP contribution in [0.1, 0.15) is 78.1 Å². The molecule has 4 aliphatic rings. The maximum Gasteiger partial charge on any atom is 0.167 e. The van der Waals surface area contributed by atoms with E-state index in [0.717, 1.165) is 19.3 Å². The summed E-state index contributed by atoms with van der Waals surface area (Å²) in [4.78, 5) is 0. The van der Waals surface area contributed by atoms with Gasteiger partial charge in [0.25, 0.3) is 0 Å². The van der Waals surface area contributed by atoms with E-state index in [1.54, 1.807) is 14.2 Å². The highest BCUT2D eigenvalue weighted by Gasteiger charge is 2.65. The summed E-state index contributed by atoms with van der Waals surface area (Å²) in [5, 5.41) is 11.7. The van der Waals surface area contributed by atoms with Crippen molar-refractivity contribution in [2.45, 2.75) is 89.4 Å². The number of rotatable bonds is 2. The van der Waals surface area contributed by atoms with Crippen LogP contribution < -0.4 is 0 Å². The van der Waals surface area contributed by atoms with Gasteiger partial charge in [-0.1, -0.05) is 13.8 Å². The second-order valence-corrected chi connectivity index (χ2v) is 9.89. The van der Waals surface area contributed by atoms with Crippen molar-refractivity contribution in [3.63, 3.8) is 0 Å². The number of hydrogen-bond acceptors (Lipinski definition) is 3. The highest BCUT2D eigenvalue weighted by atomic mass is 16.7. The lowest BCUT2D eigenvalue weighted by molar-refractivity contribution is -0.270. The Labute approximate surface area is 147 Å². The maximum absolute atomic E-state index is 11.7. The quantitative estimate of drug-likeness (QED) is 0.753. The number of hydrogen-bond donors (Lipinski definition) is 1. The minimum absolute atomic E-state index is 0.175. The van der Waals surface area contributed by atoms with Gasteiger partial charge in [0.1, 0.15) is 0 Å². The van der Waals surface area contributed by atoms with Gasteiger partial charge in [-0.15, -0.1) is 0 Å². The van der Waals surface area contributed by atoms with Crippen LogP contribution in [0.15, 0.2) is 0 Å². The third-order valence-electron chi connectivity index (χ3n) is 9.39. The van der Waals surface area contributed by atoms with Crippen molar-refractivity contribution in [3.8, 4) is 0 Å². The SMILES string of the molecule is COC1(OC)CCC2(C)C3CCC4(C)CCC[C@@]4(O)C3CC[C@H]2C1. The third kappa shape index (κ3) is 2.07. The fourth-order valence-electron chi connectivity index (χ4n) is 7.61. The largest absolute Gasteiger partial charge is 0.389 e. The van der Waals surface area contributed by atoms with Gasteiger partial charge in [0, 0.05) is 27.1 Å². The van der Waals surface area contributed by atoms with E-state index >= 15 is 0 Å². The molecule has 0 aromatic carbocycles. The molecule has 0 saturated heterocycles. The molecule has 6 atom stereocenters. The topological polar surface area (TPSA) is 38.7 Å².